The zero-order chi connectivity index (χ0) is 13.7. The van der Waals surface area contributed by atoms with Crippen LogP contribution in [0.15, 0.2) is 16.7 Å². The van der Waals surface area contributed by atoms with Crippen molar-refractivity contribution >= 4 is 18.3 Å². The van der Waals surface area contributed by atoms with Crippen LogP contribution in [0, 0.1) is 12.3 Å². The van der Waals surface area contributed by atoms with Gasteiger partial charge in [0, 0.05) is 19.1 Å². The van der Waals surface area contributed by atoms with Gasteiger partial charge in [-0.15, -0.1) is 12.4 Å². The van der Waals surface area contributed by atoms with E-state index in [2.05, 4.69) is 10.6 Å². The highest BCUT2D eigenvalue weighted by atomic mass is 35.5. The molecule has 6 heteroatoms. The van der Waals surface area contributed by atoms with Crippen LogP contribution in [0.4, 0.5) is 0 Å². The molecule has 1 aliphatic heterocycles. The van der Waals surface area contributed by atoms with Crippen molar-refractivity contribution in [3.8, 4) is 0 Å². The molecule has 1 aromatic heterocycles. The molecule has 0 spiro atoms. The van der Waals surface area contributed by atoms with E-state index in [0.717, 1.165) is 25.9 Å². The van der Waals surface area contributed by atoms with Gasteiger partial charge in [0.25, 0.3) is 5.91 Å². The van der Waals surface area contributed by atoms with Crippen molar-refractivity contribution in [3.05, 3.63) is 23.7 Å². The van der Waals surface area contributed by atoms with Crippen molar-refractivity contribution in [3.63, 3.8) is 0 Å². The first-order valence-electron chi connectivity index (χ1n) is 6.69. The fourth-order valence-corrected chi connectivity index (χ4v) is 2.62. The lowest BCUT2D eigenvalue weighted by Crippen LogP contribution is -2.47. The number of hydrogen-bond donors (Lipinski definition) is 2. The molecule has 0 bridgehead atoms. The summed E-state index contributed by atoms with van der Waals surface area (Å²) in [5.41, 5.74) is 0.661. The van der Waals surface area contributed by atoms with Crippen LogP contribution in [-0.4, -0.2) is 39.3 Å². The number of carbonyl (C=O) groups excluding carboxylic acids is 1. The minimum Gasteiger partial charge on any atom is -0.469 e. The zero-order valence-electron chi connectivity index (χ0n) is 12.0. The molecule has 0 unspecified atom stereocenters. The highest BCUT2D eigenvalue weighted by Gasteiger charge is 2.32. The maximum Gasteiger partial charge on any atom is 0.254 e. The van der Waals surface area contributed by atoms with Gasteiger partial charge in [0.05, 0.1) is 18.4 Å². The van der Waals surface area contributed by atoms with Gasteiger partial charge in [0.1, 0.15) is 5.76 Å². The van der Waals surface area contributed by atoms with Crippen molar-refractivity contribution < 1.29 is 13.9 Å². The summed E-state index contributed by atoms with van der Waals surface area (Å²) in [6.07, 6.45) is 3.58. The van der Waals surface area contributed by atoms with E-state index in [0.29, 0.717) is 24.5 Å². The first-order valence-corrected chi connectivity index (χ1v) is 6.69. The van der Waals surface area contributed by atoms with E-state index < -0.39 is 0 Å². The Labute approximate surface area is 125 Å². The van der Waals surface area contributed by atoms with Crippen molar-refractivity contribution in [2.45, 2.75) is 19.8 Å². The Hall–Kier alpha value is -1.04. The molecule has 1 fully saturated rings. The predicted molar refractivity (Wildman–Crippen MR) is 79.4 cm³/mol. The molecule has 5 nitrogen and oxygen atoms in total. The van der Waals surface area contributed by atoms with Crippen LogP contribution in [-0.2, 0) is 4.74 Å². The molecule has 0 radical (unpaired) electrons. The summed E-state index contributed by atoms with van der Waals surface area (Å²) in [5, 5.41) is 6.35. The molecule has 1 amide bonds. The Bertz CT molecular complexity index is 422. The van der Waals surface area contributed by atoms with Crippen LogP contribution in [0.1, 0.15) is 29.0 Å². The van der Waals surface area contributed by atoms with Gasteiger partial charge in [-0.3, -0.25) is 4.79 Å². The number of halogens is 1. The van der Waals surface area contributed by atoms with E-state index in [-0.39, 0.29) is 23.7 Å². The van der Waals surface area contributed by atoms with Gasteiger partial charge in [-0.05, 0) is 38.9 Å². The maximum absolute atomic E-state index is 12.1. The number of amides is 1. The largest absolute Gasteiger partial charge is 0.469 e. The van der Waals surface area contributed by atoms with Crippen molar-refractivity contribution in [1.29, 1.82) is 0 Å². The Morgan fingerprint density at radius 3 is 2.75 bits per heavy atom. The van der Waals surface area contributed by atoms with Crippen molar-refractivity contribution in [2.24, 2.45) is 5.41 Å². The standard InChI is InChI=1S/C14H22N2O3.ClH/c1-11-12(3-8-19-11)13(17)16-9-14(10-18-2)4-6-15-7-5-14;/h3,8,15H,4-7,9-10H2,1-2H3,(H,16,17);1H. The van der Waals surface area contributed by atoms with Gasteiger partial charge in [0.15, 0.2) is 0 Å². The number of methoxy groups -OCH3 is 1. The molecule has 1 saturated heterocycles. The molecule has 0 aromatic carbocycles. The van der Waals surface area contributed by atoms with Crippen LogP contribution in [0.3, 0.4) is 0 Å². The van der Waals surface area contributed by atoms with Crippen LogP contribution in [0.25, 0.3) is 0 Å². The summed E-state index contributed by atoms with van der Waals surface area (Å²) >= 11 is 0. The van der Waals surface area contributed by atoms with Gasteiger partial charge >= 0.3 is 0 Å². The average molecular weight is 303 g/mol. The summed E-state index contributed by atoms with van der Waals surface area (Å²) in [7, 11) is 1.71. The first-order chi connectivity index (χ1) is 9.17. The number of piperidine rings is 1. The highest BCUT2D eigenvalue weighted by Crippen LogP contribution is 2.28. The van der Waals surface area contributed by atoms with Gasteiger partial charge in [0.2, 0.25) is 0 Å². The molecular weight excluding hydrogens is 280 g/mol. The number of carbonyl (C=O) groups is 1. The number of hydrogen-bond acceptors (Lipinski definition) is 4. The van der Waals surface area contributed by atoms with Crippen LogP contribution < -0.4 is 10.6 Å². The average Bonchev–Trinajstić information content (AvgIpc) is 2.84. The topological polar surface area (TPSA) is 63.5 Å². The lowest BCUT2D eigenvalue weighted by Gasteiger charge is -2.37. The first kappa shape index (κ1) is 17.0. The maximum atomic E-state index is 12.1. The third-order valence-electron chi connectivity index (χ3n) is 3.84. The summed E-state index contributed by atoms with van der Waals surface area (Å²) < 4.78 is 10.5. The van der Waals surface area contributed by atoms with Gasteiger partial charge < -0.3 is 19.8 Å². The van der Waals surface area contributed by atoms with Crippen molar-refractivity contribution in [2.75, 3.05) is 33.4 Å². The van der Waals surface area contributed by atoms with E-state index in [4.69, 9.17) is 9.15 Å². The Kier molecular flexibility index (Phi) is 6.52. The summed E-state index contributed by atoms with van der Waals surface area (Å²) in [5.74, 6) is 0.587. The molecule has 1 aromatic rings. The van der Waals surface area contributed by atoms with Crippen LogP contribution in [0.5, 0.6) is 0 Å². The lowest BCUT2D eigenvalue weighted by molar-refractivity contribution is 0.0511. The number of rotatable bonds is 5. The second-order valence-electron chi connectivity index (χ2n) is 5.26. The molecule has 1 aliphatic rings. The molecule has 114 valence electrons. The number of furan rings is 1. The quantitative estimate of drug-likeness (QED) is 0.870. The summed E-state index contributed by atoms with van der Waals surface area (Å²) in [6, 6.07) is 1.70. The van der Waals surface area contributed by atoms with E-state index in [1.807, 2.05) is 0 Å². The van der Waals surface area contributed by atoms with Gasteiger partial charge in [-0.2, -0.15) is 0 Å². The molecule has 0 saturated carbocycles. The minimum atomic E-state index is -0.0692. The van der Waals surface area contributed by atoms with Crippen molar-refractivity contribution in [1.82, 2.24) is 10.6 Å². The molecular formula is C14H23ClN2O3. The number of ether oxygens (including phenoxy) is 1. The van der Waals surface area contributed by atoms with Gasteiger partial charge in [-0.1, -0.05) is 0 Å². The SMILES string of the molecule is COCC1(CNC(=O)c2ccoc2C)CCNCC1.Cl. The third kappa shape index (κ3) is 3.98. The minimum absolute atomic E-state index is 0. The van der Waals surface area contributed by atoms with E-state index in [1.54, 1.807) is 26.4 Å². The molecule has 2 N–H and O–H groups in total. The van der Waals surface area contributed by atoms with E-state index >= 15 is 0 Å². The molecule has 20 heavy (non-hydrogen) atoms. The zero-order valence-corrected chi connectivity index (χ0v) is 12.8. The van der Waals surface area contributed by atoms with E-state index in [1.165, 1.54) is 0 Å². The Balaban J connectivity index is 0.00000200. The highest BCUT2D eigenvalue weighted by molar-refractivity contribution is 5.95. The number of nitrogens with one attached hydrogen (secondary N) is 2. The Morgan fingerprint density at radius 1 is 1.50 bits per heavy atom. The number of aryl methyl sites for hydroxylation is 1. The second kappa shape index (κ2) is 7.67. The smallest absolute Gasteiger partial charge is 0.254 e. The predicted octanol–water partition coefficient (Wildman–Crippen LogP) is 1.76. The van der Waals surface area contributed by atoms with Crippen LogP contribution >= 0.6 is 12.4 Å². The van der Waals surface area contributed by atoms with Crippen LogP contribution in [0.2, 0.25) is 0 Å². The molecule has 0 aliphatic carbocycles. The summed E-state index contributed by atoms with van der Waals surface area (Å²) in [6.45, 7) is 5.07. The summed E-state index contributed by atoms with van der Waals surface area (Å²) in [4.78, 5) is 12.1. The second-order valence-corrected chi connectivity index (χ2v) is 5.26. The van der Waals surface area contributed by atoms with E-state index in [9.17, 15) is 4.79 Å². The van der Waals surface area contributed by atoms with Gasteiger partial charge in [-0.25, -0.2) is 0 Å². The molecule has 2 heterocycles. The lowest BCUT2D eigenvalue weighted by atomic mass is 9.79. The Morgan fingerprint density at radius 2 is 2.20 bits per heavy atom. The fraction of sp³-hybridized carbons (Fsp3) is 0.643. The third-order valence-corrected chi connectivity index (χ3v) is 3.84. The molecule has 0 atom stereocenters. The monoisotopic (exact) mass is 302 g/mol. The fourth-order valence-electron chi connectivity index (χ4n) is 2.62. The molecule has 2 rings (SSSR count). The normalized spacial score (nSPS) is 17.3.